The smallest absolute Gasteiger partial charge is 0.407 e. The highest BCUT2D eigenvalue weighted by Gasteiger charge is 2.17. The van der Waals surface area contributed by atoms with Crippen LogP contribution in [0, 0.1) is 0 Å². The number of methoxy groups -OCH3 is 1. The third-order valence-electron chi connectivity index (χ3n) is 7.37. The average Bonchev–Trinajstić information content (AvgIpc) is 3.03. The Kier molecular flexibility index (Phi) is 33.2. The summed E-state index contributed by atoms with van der Waals surface area (Å²) in [5.74, 6) is -0.125. The van der Waals surface area contributed by atoms with Crippen molar-refractivity contribution >= 4 is 29.7 Å². The molecular weight excluding hydrogens is 723 g/mol. The van der Waals surface area contributed by atoms with Crippen LogP contribution in [0.1, 0.15) is 134 Å². The number of nitrogens with one attached hydrogen (secondary N) is 2. The van der Waals surface area contributed by atoms with Gasteiger partial charge in [-0.3, -0.25) is 4.79 Å². The highest BCUT2D eigenvalue weighted by Crippen LogP contribution is 2.14. The maximum atomic E-state index is 11.6. The Labute approximate surface area is 300 Å². The SMILES string of the molecule is CCCCCCCCCCCCCCCCCCNC(=O)OCC(COC(N)=O)OC.CCNC(=O)c1ccc[n+](CC)c1Cl.[I-]. The molecule has 10 nitrogen and oxygen atoms in total. The zero-order valence-corrected chi connectivity index (χ0v) is 31.8. The molecule has 1 unspecified atom stereocenters. The molecule has 0 aliphatic carbocycles. The van der Waals surface area contributed by atoms with Gasteiger partial charge >= 0.3 is 12.2 Å². The lowest BCUT2D eigenvalue weighted by Crippen LogP contribution is -3.00. The van der Waals surface area contributed by atoms with Crippen molar-refractivity contribution in [3.63, 3.8) is 0 Å². The van der Waals surface area contributed by atoms with Gasteiger partial charge in [0.25, 0.3) is 11.1 Å². The molecule has 4 N–H and O–H groups in total. The average molecular weight is 785 g/mol. The van der Waals surface area contributed by atoms with E-state index in [1.807, 2.05) is 30.7 Å². The van der Waals surface area contributed by atoms with Crippen LogP contribution in [0.2, 0.25) is 5.15 Å². The van der Waals surface area contributed by atoms with Crippen LogP contribution in [-0.4, -0.2) is 57.6 Å². The van der Waals surface area contributed by atoms with Crippen LogP contribution in [0.4, 0.5) is 9.59 Å². The molecule has 0 radical (unpaired) electrons. The fourth-order valence-electron chi connectivity index (χ4n) is 4.64. The second-order valence-corrected chi connectivity index (χ2v) is 11.5. The highest BCUT2D eigenvalue weighted by atomic mass is 127. The maximum absolute atomic E-state index is 11.6. The summed E-state index contributed by atoms with van der Waals surface area (Å²) in [4.78, 5) is 33.7. The number of rotatable bonds is 25. The third kappa shape index (κ3) is 26.2. The summed E-state index contributed by atoms with van der Waals surface area (Å²) in [6, 6.07) is 3.54. The van der Waals surface area contributed by atoms with Crippen molar-refractivity contribution in [1.82, 2.24) is 10.6 Å². The summed E-state index contributed by atoms with van der Waals surface area (Å²) in [7, 11) is 1.45. The van der Waals surface area contributed by atoms with E-state index in [1.54, 1.807) is 6.07 Å². The Bertz CT molecular complexity index is 912. The largest absolute Gasteiger partial charge is 1.00 e. The molecule has 1 heterocycles. The summed E-state index contributed by atoms with van der Waals surface area (Å²) in [6.45, 7) is 8.06. The number of amides is 3. The van der Waals surface area contributed by atoms with E-state index in [1.165, 1.54) is 97.0 Å². The molecule has 1 rings (SSSR count). The molecule has 268 valence electrons. The van der Waals surface area contributed by atoms with Gasteiger partial charge in [0, 0.05) is 26.3 Å². The Hall–Kier alpha value is -1.86. The molecule has 0 fully saturated rings. The van der Waals surface area contributed by atoms with Crippen LogP contribution in [0.25, 0.3) is 0 Å². The van der Waals surface area contributed by atoms with Crippen molar-refractivity contribution in [3.8, 4) is 0 Å². The summed E-state index contributed by atoms with van der Waals surface area (Å²) in [5, 5.41) is 5.93. The number of ether oxygens (including phenoxy) is 3. The van der Waals surface area contributed by atoms with Crippen molar-refractivity contribution in [2.24, 2.45) is 5.73 Å². The first-order valence-corrected chi connectivity index (χ1v) is 17.5. The summed E-state index contributed by atoms with van der Waals surface area (Å²) < 4.78 is 16.6. The number of hydrogen-bond donors (Lipinski definition) is 3. The van der Waals surface area contributed by atoms with Crippen molar-refractivity contribution in [3.05, 3.63) is 29.0 Å². The molecule has 0 bridgehead atoms. The first-order chi connectivity index (χ1) is 21.8. The number of unbranched alkanes of at least 4 members (excludes halogenated alkanes) is 15. The van der Waals surface area contributed by atoms with E-state index >= 15 is 0 Å². The van der Waals surface area contributed by atoms with Gasteiger partial charge in [0.2, 0.25) is 0 Å². The van der Waals surface area contributed by atoms with E-state index in [4.69, 9.17) is 26.8 Å². The number of primary amides is 1. The second kappa shape index (κ2) is 33.1. The van der Waals surface area contributed by atoms with Crippen LogP contribution < -0.4 is 44.9 Å². The maximum Gasteiger partial charge on any atom is 0.407 e. The lowest BCUT2D eigenvalue weighted by molar-refractivity contribution is -0.691. The van der Waals surface area contributed by atoms with Gasteiger partial charge in [0.1, 0.15) is 31.4 Å². The summed E-state index contributed by atoms with van der Waals surface area (Å²) >= 11 is 6.04. The lowest BCUT2D eigenvalue weighted by atomic mass is 10.0. The fourth-order valence-corrected chi connectivity index (χ4v) is 4.97. The van der Waals surface area contributed by atoms with Gasteiger partial charge in [0.15, 0.2) is 6.20 Å². The van der Waals surface area contributed by atoms with Crippen LogP contribution in [0.15, 0.2) is 18.3 Å². The molecule has 0 saturated heterocycles. The lowest BCUT2D eigenvalue weighted by Gasteiger charge is -2.15. The van der Waals surface area contributed by atoms with Gasteiger partial charge in [-0.1, -0.05) is 103 Å². The number of nitrogens with two attached hydrogens (primary N) is 1. The molecule has 12 heteroatoms. The zero-order valence-electron chi connectivity index (χ0n) is 28.9. The monoisotopic (exact) mass is 784 g/mol. The van der Waals surface area contributed by atoms with E-state index in [0.717, 1.165) is 19.4 Å². The number of alkyl carbamates (subject to hydrolysis) is 1. The molecule has 0 aliphatic rings. The Morgan fingerprint density at radius 3 is 1.76 bits per heavy atom. The molecule has 1 atom stereocenters. The van der Waals surface area contributed by atoms with Gasteiger partial charge in [-0.15, -0.1) is 0 Å². The molecule has 0 spiro atoms. The Morgan fingerprint density at radius 1 is 0.804 bits per heavy atom. The predicted octanol–water partition coefficient (Wildman–Crippen LogP) is 4.49. The van der Waals surface area contributed by atoms with Crippen molar-refractivity contribution < 1.29 is 57.1 Å². The van der Waals surface area contributed by atoms with Crippen LogP contribution in [0.5, 0.6) is 0 Å². The summed E-state index contributed by atoms with van der Waals surface area (Å²) in [6.07, 6.45) is 21.2. The molecule has 3 amide bonds. The standard InChI is InChI=1S/C24H48N2O5.C10H13ClN2O.HI/c1-3-4-5-6-7-8-9-10-11-12-13-14-15-16-17-18-19-26-24(28)31-21-22(29-2)20-30-23(25)27;1-3-12-10(14)8-6-5-7-13(4-2)9(8)11;/h22H,3-21H2,1-2H3,(H2,25,27)(H,26,28);5-7H,3-4H2,1-2H3;1H. The normalized spacial score (nSPS) is 11.0. The number of halogens is 2. The van der Waals surface area contributed by atoms with Crippen LogP contribution >= 0.6 is 11.6 Å². The minimum atomic E-state index is -0.880. The number of carbonyl (C=O) groups excluding carboxylic acids is 3. The number of nitrogens with zero attached hydrogens (tertiary/aromatic N) is 1. The quantitative estimate of drug-likeness (QED) is 0.0580. The van der Waals surface area contributed by atoms with E-state index in [9.17, 15) is 14.4 Å². The van der Waals surface area contributed by atoms with Crippen molar-refractivity contribution in [2.75, 3.05) is 33.4 Å². The van der Waals surface area contributed by atoms with E-state index in [-0.39, 0.29) is 43.1 Å². The Balaban J connectivity index is 0. The topological polar surface area (TPSA) is 133 Å². The molecule has 0 aromatic carbocycles. The zero-order chi connectivity index (χ0) is 33.5. The minimum absolute atomic E-state index is 0. The number of carbonyl (C=O) groups is 3. The van der Waals surface area contributed by atoms with Crippen LogP contribution in [-0.2, 0) is 20.8 Å². The Morgan fingerprint density at radius 2 is 1.30 bits per heavy atom. The molecule has 46 heavy (non-hydrogen) atoms. The van der Waals surface area contributed by atoms with E-state index in [0.29, 0.717) is 23.8 Å². The molecule has 0 aliphatic heterocycles. The number of pyridine rings is 1. The number of hydrogen-bond acceptors (Lipinski definition) is 6. The van der Waals surface area contributed by atoms with Crippen molar-refractivity contribution in [2.45, 2.75) is 136 Å². The summed E-state index contributed by atoms with van der Waals surface area (Å²) in [5.41, 5.74) is 5.42. The first kappa shape index (κ1) is 46.3. The van der Waals surface area contributed by atoms with E-state index < -0.39 is 18.3 Å². The van der Waals surface area contributed by atoms with Crippen molar-refractivity contribution in [1.29, 1.82) is 0 Å². The fraction of sp³-hybridized carbons (Fsp3) is 0.765. The predicted molar refractivity (Wildman–Crippen MR) is 181 cm³/mol. The molecule has 1 aromatic heterocycles. The van der Waals surface area contributed by atoms with Gasteiger partial charge < -0.3 is 54.6 Å². The van der Waals surface area contributed by atoms with E-state index in [2.05, 4.69) is 22.3 Å². The first-order valence-electron chi connectivity index (χ1n) is 17.1. The molecule has 0 saturated carbocycles. The number of aromatic nitrogens is 1. The van der Waals surface area contributed by atoms with Gasteiger partial charge in [-0.2, -0.15) is 4.57 Å². The minimum Gasteiger partial charge on any atom is -1.00 e. The van der Waals surface area contributed by atoms with Gasteiger partial charge in [-0.25, -0.2) is 9.59 Å². The highest BCUT2D eigenvalue weighted by molar-refractivity contribution is 6.31. The molecular formula is C34H62ClIN4O6. The second-order valence-electron chi connectivity index (χ2n) is 11.2. The van der Waals surface area contributed by atoms with Gasteiger partial charge in [0.05, 0.1) is 0 Å². The third-order valence-corrected chi connectivity index (χ3v) is 7.79. The molecule has 1 aromatic rings. The van der Waals surface area contributed by atoms with Crippen LogP contribution in [0.3, 0.4) is 0 Å². The number of aryl methyl sites for hydroxylation is 1. The van der Waals surface area contributed by atoms with Gasteiger partial charge in [-0.05, 0) is 37.9 Å².